The molecular weight excluding hydrogens is 406 g/mol. The fourth-order valence-electron chi connectivity index (χ4n) is 4.40. The highest BCUT2D eigenvalue weighted by Gasteiger charge is 2.22. The maximum atomic E-state index is 13.0. The highest BCUT2D eigenvalue weighted by Crippen LogP contribution is 2.22. The van der Waals surface area contributed by atoms with E-state index in [4.69, 9.17) is 14.5 Å². The van der Waals surface area contributed by atoms with Crippen LogP contribution in [0.15, 0.2) is 48.7 Å². The normalized spacial score (nSPS) is 17.1. The molecule has 2 aromatic heterocycles. The van der Waals surface area contributed by atoms with Crippen LogP contribution in [0.5, 0.6) is 5.75 Å². The van der Waals surface area contributed by atoms with Crippen molar-refractivity contribution in [1.82, 2.24) is 14.5 Å². The second-order valence-corrected chi connectivity index (χ2v) is 8.19. The largest absolute Gasteiger partial charge is 0.497 e. The number of piperazine rings is 1. The summed E-state index contributed by atoms with van der Waals surface area (Å²) in [5.74, 6) is 1.93. The Labute approximate surface area is 187 Å². The standard InChI is InChI=1S/C24H29N5O3/c1-31-21-5-3-20(4-6-21)26-10-12-28(13-11-26)23(30)18-29-9-8-19-2-7-22(25-24(19)29)27-14-16-32-17-15-27/h2-9H,10-18H2,1H3. The van der Waals surface area contributed by atoms with E-state index >= 15 is 0 Å². The summed E-state index contributed by atoms with van der Waals surface area (Å²) in [4.78, 5) is 24.4. The van der Waals surface area contributed by atoms with E-state index in [1.807, 2.05) is 33.9 Å². The van der Waals surface area contributed by atoms with Crippen molar-refractivity contribution < 1.29 is 14.3 Å². The Bertz CT molecular complexity index is 1070. The number of benzene rings is 1. The zero-order valence-corrected chi connectivity index (χ0v) is 18.4. The van der Waals surface area contributed by atoms with Gasteiger partial charge in [-0.25, -0.2) is 4.98 Å². The topological polar surface area (TPSA) is 63.1 Å². The van der Waals surface area contributed by atoms with E-state index in [0.29, 0.717) is 6.54 Å². The molecule has 0 bridgehead atoms. The van der Waals surface area contributed by atoms with Crippen LogP contribution in [0.4, 0.5) is 11.5 Å². The Morgan fingerprint density at radius 3 is 2.41 bits per heavy atom. The number of ether oxygens (including phenoxy) is 2. The molecule has 1 aromatic carbocycles. The minimum Gasteiger partial charge on any atom is -0.497 e. The summed E-state index contributed by atoms with van der Waals surface area (Å²) in [5.41, 5.74) is 2.02. The molecular formula is C24H29N5O3. The molecule has 0 N–H and O–H groups in total. The molecule has 5 rings (SSSR count). The molecule has 0 unspecified atom stereocenters. The predicted molar refractivity (Wildman–Crippen MR) is 125 cm³/mol. The second-order valence-electron chi connectivity index (χ2n) is 8.19. The lowest BCUT2D eigenvalue weighted by Gasteiger charge is -2.36. The van der Waals surface area contributed by atoms with Crippen molar-refractivity contribution in [1.29, 1.82) is 0 Å². The van der Waals surface area contributed by atoms with Crippen molar-refractivity contribution in [3.8, 4) is 5.75 Å². The first kappa shape index (κ1) is 20.6. The zero-order valence-electron chi connectivity index (χ0n) is 18.4. The van der Waals surface area contributed by atoms with Crippen LogP contribution in [-0.2, 0) is 16.1 Å². The van der Waals surface area contributed by atoms with Crippen LogP contribution in [0.25, 0.3) is 11.0 Å². The van der Waals surface area contributed by atoms with E-state index in [2.05, 4.69) is 34.1 Å². The third-order valence-electron chi connectivity index (χ3n) is 6.31. The first-order chi connectivity index (χ1) is 15.7. The molecule has 8 heteroatoms. The number of carbonyl (C=O) groups excluding carboxylic acids is 1. The third-order valence-corrected chi connectivity index (χ3v) is 6.31. The Kier molecular flexibility index (Phi) is 5.85. The molecule has 1 amide bonds. The molecule has 0 radical (unpaired) electrons. The Morgan fingerprint density at radius 2 is 1.69 bits per heavy atom. The van der Waals surface area contributed by atoms with Crippen LogP contribution in [-0.4, -0.2) is 80.0 Å². The summed E-state index contributed by atoms with van der Waals surface area (Å²) in [6, 6.07) is 14.3. The van der Waals surface area contributed by atoms with E-state index in [1.54, 1.807) is 7.11 Å². The minimum atomic E-state index is 0.135. The van der Waals surface area contributed by atoms with E-state index in [1.165, 1.54) is 0 Å². The molecule has 0 atom stereocenters. The summed E-state index contributed by atoms with van der Waals surface area (Å²) >= 11 is 0. The van der Waals surface area contributed by atoms with Gasteiger partial charge < -0.3 is 28.7 Å². The third kappa shape index (κ3) is 4.23. The van der Waals surface area contributed by atoms with Crippen molar-refractivity contribution in [3.05, 3.63) is 48.7 Å². The van der Waals surface area contributed by atoms with E-state index in [-0.39, 0.29) is 5.91 Å². The maximum Gasteiger partial charge on any atom is 0.242 e. The van der Waals surface area contributed by atoms with Gasteiger partial charge in [0, 0.05) is 56.5 Å². The first-order valence-corrected chi connectivity index (χ1v) is 11.2. The summed E-state index contributed by atoms with van der Waals surface area (Å²) < 4.78 is 12.7. The number of nitrogens with zero attached hydrogens (tertiary/aromatic N) is 5. The first-order valence-electron chi connectivity index (χ1n) is 11.2. The van der Waals surface area contributed by atoms with Crippen LogP contribution in [0.1, 0.15) is 0 Å². The molecule has 0 saturated carbocycles. The van der Waals surface area contributed by atoms with Crippen LogP contribution >= 0.6 is 0 Å². The van der Waals surface area contributed by atoms with Gasteiger partial charge in [-0.1, -0.05) is 0 Å². The van der Waals surface area contributed by atoms with Crippen molar-refractivity contribution in [2.24, 2.45) is 0 Å². The van der Waals surface area contributed by atoms with Crippen LogP contribution < -0.4 is 14.5 Å². The Balaban J connectivity index is 1.23. The van der Waals surface area contributed by atoms with Gasteiger partial charge in [0.1, 0.15) is 23.8 Å². The summed E-state index contributed by atoms with van der Waals surface area (Å²) in [5, 5.41) is 1.05. The summed E-state index contributed by atoms with van der Waals surface area (Å²) in [7, 11) is 1.67. The fourth-order valence-corrected chi connectivity index (χ4v) is 4.40. The van der Waals surface area contributed by atoms with Gasteiger partial charge >= 0.3 is 0 Å². The number of carbonyl (C=O) groups is 1. The molecule has 168 valence electrons. The van der Waals surface area contributed by atoms with Gasteiger partial charge in [0.15, 0.2) is 0 Å². The van der Waals surface area contributed by atoms with Crippen molar-refractivity contribution in [2.75, 3.05) is 69.4 Å². The zero-order chi connectivity index (χ0) is 21.9. The highest BCUT2D eigenvalue weighted by molar-refractivity contribution is 5.82. The average molecular weight is 436 g/mol. The number of anilines is 2. The lowest BCUT2D eigenvalue weighted by molar-refractivity contribution is -0.132. The smallest absolute Gasteiger partial charge is 0.242 e. The minimum absolute atomic E-state index is 0.135. The number of rotatable bonds is 5. The Hall–Kier alpha value is -3.26. The van der Waals surface area contributed by atoms with E-state index in [0.717, 1.165) is 80.8 Å². The molecule has 2 aliphatic heterocycles. The number of fused-ring (bicyclic) bond motifs is 1. The molecule has 2 aliphatic rings. The monoisotopic (exact) mass is 435 g/mol. The molecule has 2 fully saturated rings. The van der Waals surface area contributed by atoms with Gasteiger partial charge in [-0.3, -0.25) is 4.79 Å². The maximum absolute atomic E-state index is 13.0. The second kappa shape index (κ2) is 9.08. The van der Waals surface area contributed by atoms with Gasteiger partial charge in [0.2, 0.25) is 5.91 Å². The number of methoxy groups -OCH3 is 1. The lowest BCUT2D eigenvalue weighted by Crippen LogP contribution is -2.49. The van der Waals surface area contributed by atoms with Gasteiger partial charge in [0.05, 0.1) is 20.3 Å². The summed E-state index contributed by atoms with van der Waals surface area (Å²) in [6.07, 6.45) is 1.96. The number of pyridine rings is 1. The van der Waals surface area contributed by atoms with Crippen LogP contribution in [0.3, 0.4) is 0 Å². The molecule has 3 aromatic rings. The van der Waals surface area contributed by atoms with Crippen molar-refractivity contribution >= 4 is 28.4 Å². The van der Waals surface area contributed by atoms with Gasteiger partial charge in [-0.2, -0.15) is 0 Å². The van der Waals surface area contributed by atoms with Gasteiger partial charge in [-0.15, -0.1) is 0 Å². The average Bonchev–Trinajstić information content (AvgIpc) is 3.26. The Morgan fingerprint density at radius 1 is 0.938 bits per heavy atom. The number of hydrogen-bond acceptors (Lipinski definition) is 6. The molecule has 0 aliphatic carbocycles. The van der Waals surface area contributed by atoms with E-state index in [9.17, 15) is 4.79 Å². The number of morpholine rings is 1. The number of amides is 1. The fraction of sp³-hybridized carbons (Fsp3) is 0.417. The van der Waals surface area contributed by atoms with Gasteiger partial charge in [0.25, 0.3) is 0 Å². The molecule has 8 nitrogen and oxygen atoms in total. The molecule has 0 spiro atoms. The lowest BCUT2D eigenvalue weighted by atomic mass is 10.2. The molecule has 2 saturated heterocycles. The number of hydrogen-bond donors (Lipinski definition) is 0. The quantitative estimate of drug-likeness (QED) is 0.613. The molecule has 32 heavy (non-hydrogen) atoms. The SMILES string of the molecule is COc1ccc(N2CCN(C(=O)Cn3ccc4ccc(N5CCOCC5)nc43)CC2)cc1. The van der Waals surface area contributed by atoms with Crippen molar-refractivity contribution in [2.45, 2.75) is 6.54 Å². The van der Waals surface area contributed by atoms with Gasteiger partial charge in [-0.05, 0) is 42.5 Å². The van der Waals surface area contributed by atoms with Crippen LogP contribution in [0.2, 0.25) is 0 Å². The van der Waals surface area contributed by atoms with Crippen molar-refractivity contribution in [3.63, 3.8) is 0 Å². The predicted octanol–water partition coefficient (Wildman–Crippen LogP) is 2.23. The van der Waals surface area contributed by atoms with Crippen LogP contribution in [0, 0.1) is 0 Å². The van der Waals surface area contributed by atoms with E-state index < -0.39 is 0 Å². The highest BCUT2D eigenvalue weighted by atomic mass is 16.5. The number of aromatic nitrogens is 2. The summed E-state index contributed by atoms with van der Waals surface area (Å²) in [6.45, 7) is 6.53. The molecule has 4 heterocycles.